The van der Waals surface area contributed by atoms with Crippen LogP contribution >= 0.6 is 0 Å². The summed E-state index contributed by atoms with van der Waals surface area (Å²) in [7, 11) is 0. The van der Waals surface area contributed by atoms with Crippen LogP contribution in [0.15, 0.2) is 0 Å². The van der Waals surface area contributed by atoms with Crippen molar-refractivity contribution in [3.8, 4) is 0 Å². The first-order valence-corrected chi connectivity index (χ1v) is 5.12. The predicted molar refractivity (Wildman–Crippen MR) is 55.9 cm³/mol. The molecular formula is C9H18N4O2. The van der Waals surface area contributed by atoms with E-state index in [4.69, 9.17) is 11.5 Å². The van der Waals surface area contributed by atoms with Gasteiger partial charge in [-0.15, -0.1) is 0 Å². The van der Waals surface area contributed by atoms with Gasteiger partial charge in [-0.05, 0) is 12.8 Å². The molecule has 1 aliphatic rings. The Kier molecular flexibility index (Phi) is 4.51. The van der Waals surface area contributed by atoms with Gasteiger partial charge in [0.05, 0.1) is 13.1 Å². The Morgan fingerprint density at radius 1 is 1.33 bits per heavy atom. The first kappa shape index (κ1) is 11.9. The van der Waals surface area contributed by atoms with E-state index < -0.39 is 0 Å². The van der Waals surface area contributed by atoms with Crippen molar-refractivity contribution in [3.05, 3.63) is 0 Å². The first-order chi connectivity index (χ1) is 7.11. The quantitative estimate of drug-likeness (QED) is 0.504. The third-order valence-electron chi connectivity index (χ3n) is 2.52. The van der Waals surface area contributed by atoms with Crippen LogP contribution in [0.3, 0.4) is 0 Å². The van der Waals surface area contributed by atoms with Crippen molar-refractivity contribution >= 4 is 11.8 Å². The fourth-order valence-electron chi connectivity index (χ4n) is 1.74. The van der Waals surface area contributed by atoms with Gasteiger partial charge in [0.25, 0.3) is 0 Å². The van der Waals surface area contributed by atoms with Crippen LogP contribution in [0.2, 0.25) is 0 Å². The highest BCUT2D eigenvalue weighted by Gasteiger charge is 2.20. The highest BCUT2D eigenvalue weighted by Crippen LogP contribution is 2.09. The van der Waals surface area contributed by atoms with Gasteiger partial charge in [-0.1, -0.05) is 0 Å². The standard InChI is InChI=1S/C9H18N4O2/c10-5-9(15)12-7-1-3-13(4-2-7)6-8(11)14/h7H,1-6,10H2,(H2,11,14)(H,12,15). The van der Waals surface area contributed by atoms with Crippen LogP contribution in [-0.2, 0) is 9.59 Å². The number of primary amides is 1. The highest BCUT2D eigenvalue weighted by atomic mass is 16.2. The normalized spacial score (nSPS) is 18.7. The minimum atomic E-state index is -0.306. The lowest BCUT2D eigenvalue weighted by molar-refractivity contribution is -0.122. The van der Waals surface area contributed by atoms with E-state index in [1.807, 2.05) is 4.90 Å². The van der Waals surface area contributed by atoms with E-state index in [1.54, 1.807) is 0 Å². The summed E-state index contributed by atoms with van der Waals surface area (Å²) < 4.78 is 0. The van der Waals surface area contributed by atoms with Gasteiger partial charge in [-0.3, -0.25) is 14.5 Å². The second-order valence-corrected chi connectivity index (χ2v) is 3.79. The molecule has 0 spiro atoms. The summed E-state index contributed by atoms with van der Waals surface area (Å²) in [4.78, 5) is 23.7. The van der Waals surface area contributed by atoms with E-state index in [1.165, 1.54) is 0 Å². The third-order valence-corrected chi connectivity index (χ3v) is 2.52. The number of carbonyl (C=O) groups excluding carboxylic acids is 2. The molecule has 0 unspecified atom stereocenters. The van der Waals surface area contributed by atoms with Gasteiger partial charge < -0.3 is 16.8 Å². The molecule has 0 aromatic rings. The Morgan fingerprint density at radius 3 is 2.40 bits per heavy atom. The van der Waals surface area contributed by atoms with Gasteiger partial charge in [-0.25, -0.2) is 0 Å². The lowest BCUT2D eigenvalue weighted by Gasteiger charge is -2.31. The molecule has 15 heavy (non-hydrogen) atoms. The summed E-state index contributed by atoms with van der Waals surface area (Å²) in [5.41, 5.74) is 10.3. The van der Waals surface area contributed by atoms with Gasteiger partial charge >= 0.3 is 0 Å². The lowest BCUT2D eigenvalue weighted by Crippen LogP contribution is -2.47. The molecular weight excluding hydrogens is 196 g/mol. The summed E-state index contributed by atoms with van der Waals surface area (Å²) in [5, 5.41) is 2.84. The zero-order chi connectivity index (χ0) is 11.3. The molecule has 5 N–H and O–H groups in total. The monoisotopic (exact) mass is 214 g/mol. The zero-order valence-electron chi connectivity index (χ0n) is 8.74. The number of likely N-dealkylation sites (tertiary alicyclic amines) is 1. The zero-order valence-corrected chi connectivity index (χ0v) is 8.74. The molecule has 2 amide bonds. The van der Waals surface area contributed by atoms with Gasteiger partial charge in [0.2, 0.25) is 11.8 Å². The summed E-state index contributed by atoms with van der Waals surface area (Å²) in [6.45, 7) is 1.91. The van der Waals surface area contributed by atoms with E-state index in [9.17, 15) is 9.59 Å². The molecule has 0 aromatic carbocycles. The molecule has 0 bridgehead atoms. The van der Waals surface area contributed by atoms with Crippen molar-refractivity contribution in [2.75, 3.05) is 26.2 Å². The number of hydrogen-bond donors (Lipinski definition) is 3. The number of amides is 2. The number of nitrogens with zero attached hydrogens (tertiary/aromatic N) is 1. The number of hydrogen-bond acceptors (Lipinski definition) is 4. The van der Waals surface area contributed by atoms with Gasteiger partial charge in [-0.2, -0.15) is 0 Å². The van der Waals surface area contributed by atoms with Crippen molar-refractivity contribution in [3.63, 3.8) is 0 Å². The smallest absolute Gasteiger partial charge is 0.233 e. The van der Waals surface area contributed by atoms with Crippen molar-refractivity contribution in [1.82, 2.24) is 10.2 Å². The Hall–Kier alpha value is -1.14. The van der Waals surface area contributed by atoms with E-state index in [2.05, 4.69) is 5.32 Å². The summed E-state index contributed by atoms with van der Waals surface area (Å²) in [6, 6.07) is 0.185. The fourth-order valence-corrected chi connectivity index (χ4v) is 1.74. The van der Waals surface area contributed by atoms with E-state index in [0.29, 0.717) is 6.54 Å². The molecule has 1 rings (SSSR count). The Bertz CT molecular complexity index is 236. The van der Waals surface area contributed by atoms with Gasteiger partial charge in [0.1, 0.15) is 0 Å². The Morgan fingerprint density at radius 2 is 1.93 bits per heavy atom. The van der Waals surface area contributed by atoms with Crippen molar-refractivity contribution in [2.24, 2.45) is 11.5 Å². The van der Waals surface area contributed by atoms with Crippen LogP contribution in [0.5, 0.6) is 0 Å². The maximum atomic E-state index is 11.0. The molecule has 1 aliphatic heterocycles. The van der Waals surface area contributed by atoms with Crippen LogP contribution in [0.25, 0.3) is 0 Å². The minimum Gasteiger partial charge on any atom is -0.369 e. The molecule has 1 heterocycles. The lowest BCUT2D eigenvalue weighted by atomic mass is 10.1. The van der Waals surface area contributed by atoms with Crippen LogP contribution in [0.4, 0.5) is 0 Å². The van der Waals surface area contributed by atoms with Crippen LogP contribution in [0.1, 0.15) is 12.8 Å². The van der Waals surface area contributed by atoms with E-state index in [-0.39, 0.29) is 24.4 Å². The molecule has 1 saturated heterocycles. The molecule has 0 saturated carbocycles. The molecule has 0 radical (unpaired) electrons. The van der Waals surface area contributed by atoms with Crippen LogP contribution in [0, 0.1) is 0 Å². The fraction of sp³-hybridized carbons (Fsp3) is 0.778. The van der Waals surface area contributed by atoms with Crippen molar-refractivity contribution < 1.29 is 9.59 Å². The van der Waals surface area contributed by atoms with E-state index >= 15 is 0 Å². The largest absolute Gasteiger partial charge is 0.369 e. The Balaban J connectivity index is 2.23. The van der Waals surface area contributed by atoms with Gasteiger partial charge in [0, 0.05) is 19.1 Å². The number of nitrogens with one attached hydrogen (secondary N) is 1. The molecule has 6 nitrogen and oxygen atoms in total. The number of piperidine rings is 1. The average Bonchev–Trinajstić information content (AvgIpc) is 2.20. The number of rotatable bonds is 4. The molecule has 6 heteroatoms. The van der Waals surface area contributed by atoms with Crippen molar-refractivity contribution in [2.45, 2.75) is 18.9 Å². The average molecular weight is 214 g/mol. The van der Waals surface area contributed by atoms with E-state index in [0.717, 1.165) is 25.9 Å². The van der Waals surface area contributed by atoms with Crippen molar-refractivity contribution in [1.29, 1.82) is 0 Å². The number of carbonyl (C=O) groups is 2. The maximum absolute atomic E-state index is 11.0. The Labute approximate surface area is 89.0 Å². The molecule has 1 fully saturated rings. The number of nitrogens with two attached hydrogens (primary N) is 2. The summed E-state index contributed by atoms with van der Waals surface area (Å²) >= 11 is 0. The summed E-state index contributed by atoms with van der Waals surface area (Å²) in [5.74, 6) is -0.428. The first-order valence-electron chi connectivity index (χ1n) is 5.12. The minimum absolute atomic E-state index is 0.0293. The second-order valence-electron chi connectivity index (χ2n) is 3.79. The van der Waals surface area contributed by atoms with Crippen LogP contribution in [-0.4, -0.2) is 48.9 Å². The maximum Gasteiger partial charge on any atom is 0.233 e. The SMILES string of the molecule is NCC(=O)NC1CCN(CC(N)=O)CC1. The van der Waals surface area contributed by atoms with Gasteiger partial charge in [0.15, 0.2) is 0 Å². The molecule has 0 atom stereocenters. The molecule has 86 valence electrons. The molecule has 0 aliphatic carbocycles. The van der Waals surface area contributed by atoms with Crippen LogP contribution < -0.4 is 16.8 Å². The molecule has 0 aromatic heterocycles. The third kappa shape index (κ3) is 4.26. The highest BCUT2D eigenvalue weighted by molar-refractivity contribution is 5.78. The predicted octanol–water partition coefficient (Wildman–Crippen LogP) is -1.99. The topological polar surface area (TPSA) is 101 Å². The summed E-state index contributed by atoms with van der Waals surface area (Å²) in [6.07, 6.45) is 1.69. The second kappa shape index (κ2) is 5.67.